The summed E-state index contributed by atoms with van der Waals surface area (Å²) in [5.74, 6) is 0.750. The monoisotopic (exact) mass is 477 g/mol. The van der Waals surface area contributed by atoms with E-state index in [0.29, 0.717) is 37.0 Å². The molecule has 0 spiro atoms. The lowest BCUT2D eigenvalue weighted by Crippen LogP contribution is -2.37. The molecule has 2 aromatic carbocycles. The molecule has 0 bridgehead atoms. The number of rotatable bonds is 4. The summed E-state index contributed by atoms with van der Waals surface area (Å²) >= 11 is 0. The van der Waals surface area contributed by atoms with Crippen LogP contribution in [0.1, 0.15) is 28.2 Å². The van der Waals surface area contributed by atoms with Gasteiger partial charge < -0.3 is 23.9 Å². The predicted molar refractivity (Wildman–Crippen MR) is 132 cm³/mol. The second-order valence-corrected chi connectivity index (χ2v) is 8.69. The number of nitrogens with zero attached hydrogens (tertiary/aromatic N) is 5. The van der Waals surface area contributed by atoms with Gasteiger partial charge in [0.25, 0.3) is 11.8 Å². The van der Waals surface area contributed by atoms with Crippen LogP contribution in [-0.4, -0.2) is 78.8 Å². The Balaban J connectivity index is 1.62. The maximum absolute atomic E-state index is 13.6. The quantitative estimate of drug-likeness (QED) is 0.570. The third kappa shape index (κ3) is 5.93. The number of carbonyl (C=O) groups excluding carboxylic acids is 2. The molecule has 1 aliphatic rings. The van der Waals surface area contributed by atoms with Crippen molar-refractivity contribution < 1.29 is 18.7 Å². The summed E-state index contributed by atoms with van der Waals surface area (Å²) in [5.41, 5.74) is 3.08. The van der Waals surface area contributed by atoms with Crippen LogP contribution in [-0.2, 0) is 16.1 Å². The lowest BCUT2D eigenvalue weighted by atomic mass is 10.1. The Bertz CT molecular complexity index is 1160. The zero-order chi connectivity index (χ0) is 24.8. The molecule has 1 aromatic heterocycles. The van der Waals surface area contributed by atoms with Gasteiger partial charge in [-0.25, -0.2) is 0 Å². The Morgan fingerprint density at radius 3 is 2.49 bits per heavy atom. The second kappa shape index (κ2) is 11.2. The number of hydrogen-bond acceptors (Lipinski definition) is 7. The molecular formula is C26H31N5O4. The molecule has 0 aliphatic carbocycles. The third-order valence-electron chi connectivity index (χ3n) is 6.08. The summed E-state index contributed by atoms with van der Waals surface area (Å²) in [6.45, 7) is 4.86. The van der Waals surface area contributed by atoms with Gasteiger partial charge in [0.05, 0.1) is 0 Å². The molecule has 2 heterocycles. The van der Waals surface area contributed by atoms with Crippen molar-refractivity contribution in [1.29, 1.82) is 0 Å². The van der Waals surface area contributed by atoms with Gasteiger partial charge in [0.1, 0.15) is 6.61 Å². The van der Waals surface area contributed by atoms with Crippen molar-refractivity contribution in [2.75, 3.05) is 51.8 Å². The van der Waals surface area contributed by atoms with E-state index in [0.717, 1.165) is 36.3 Å². The number of aryl methyl sites for hydroxylation is 1. The first-order valence-electron chi connectivity index (χ1n) is 11.7. The second-order valence-electron chi connectivity index (χ2n) is 8.69. The highest BCUT2D eigenvalue weighted by Crippen LogP contribution is 2.25. The van der Waals surface area contributed by atoms with E-state index >= 15 is 0 Å². The van der Waals surface area contributed by atoms with E-state index in [-0.39, 0.29) is 18.4 Å². The van der Waals surface area contributed by atoms with Crippen LogP contribution in [0.2, 0.25) is 0 Å². The van der Waals surface area contributed by atoms with Crippen LogP contribution in [0.15, 0.2) is 52.9 Å². The smallest absolute Gasteiger partial charge is 0.254 e. The first kappa shape index (κ1) is 24.6. The average Bonchev–Trinajstić information content (AvgIpc) is 3.29. The van der Waals surface area contributed by atoms with Gasteiger partial charge in [-0.2, -0.15) is 0 Å². The number of anilines is 1. The minimum Gasteiger partial charge on any atom is -0.421 e. The summed E-state index contributed by atoms with van der Waals surface area (Å²) in [4.78, 5) is 32.3. The number of para-hydroxylation sites is 1. The number of methoxy groups -OCH3 is 1. The maximum atomic E-state index is 13.6. The number of carbonyl (C=O) groups is 2. The third-order valence-corrected chi connectivity index (χ3v) is 6.08. The van der Waals surface area contributed by atoms with E-state index in [4.69, 9.17) is 9.15 Å². The molecule has 35 heavy (non-hydrogen) atoms. The van der Waals surface area contributed by atoms with Crippen molar-refractivity contribution >= 4 is 17.5 Å². The number of fused-ring (bicyclic) bond motifs is 1. The Labute approximate surface area is 205 Å². The van der Waals surface area contributed by atoms with Crippen molar-refractivity contribution in [1.82, 2.24) is 20.0 Å². The summed E-state index contributed by atoms with van der Waals surface area (Å²) in [6, 6.07) is 15.0. The van der Waals surface area contributed by atoms with Crippen LogP contribution >= 0.6 is 0 Å². The van der Waals surface area contributed by atoms with Gasteiger partial charge in [0.15, 0.2) is 0 Å². The van der Waals surface area contributed by atoms with Gasteiger partial charge in [0.2, 0.25) is 11.8 Å². The zero-order valence-corrected chi connectivity index (χ0v) is 20.4. The lowest BCUT2D eigenvalue weighted by molar-refractivity contribution is -0.122. The lowest BCUT2D eigenvalue weighted by Gasteiger charge is -2.28. The van der Waals surface area contributed by atoms with E-state index in [1.165, 1.54) is 7.11 Å². The number of likely N-dealkylation sites (N-methyl/N-ethyl adjacent to an activating group) is 1. The SMILES string of the molecule is COCC(=O)N1CCCN(C)CCN(C(=O)c2ccc(-c3nnc(C)o3)cc2)Cc2ccccc21. The number of ether oxygens (including phenoxy) is 1. The van der Waals surface area contributed by atoms with E-state index in [2.05, 4.69) is 15.1 Å². The Kier molecular flexibility index (Phi) is 7.89. The first-order chi connectivity index (χ1) is 17.0. The molecule has 1 aliphatic heterocycles. The molecule has 2 amide bonds. The van der Waals surface area contributed by atoms with Gasteiger partial charge in [-0.3, -0.25) is 9.59 Å². The number of aromatic nitrogens is 2. The van der Waals surface area contributed by atoms with Crippen LogP contribution in [0, 0.1) is 6.92 Å². The van der Waals surface area contributed by atoms with E-state index in [1.807, 2.05) is 48.3 Å². The topological polar surface area (TPSA) is 92.0 Å². The highest BCUT2D eigenvalue weighted by atomic mass is 16.5. The van der Waals surface area contributed by atoms with Crippen LogP contribution in [0.25, 0.3) is 11.5 Å². The van der Waals surface area contributed by atoms with E-state index in [1.54, 1.807) is 24.0 Å². The van der Waals surface area contributed by atoms with Crippen LogP contribution in [0.3, 0.4) is 0 Å². The summed E-state index contributed by atoms with van der Waals surface area (Å²) < 4.78 is 10.6. The molecule has 0 radical (unpaired) electrons. The minimum absolute atomic E-state index is 0.0126. The molecule has 0 saturated carbocycles. The maximum Gasteiger partial charge on any atom is 0.254 e. The number of benzene rings is 2. The molecule has 0 fully saturated rings. The summed E-state index contributed by atoms with van der Waals surface area (Å²) in [5, 5.41) is 7.90. The highest BCUT2D eigenvalue weighted by molar-refractivity contribution is 5.96. The van der Waals surface area contributed by atoms with Crippen molar-refractivity contribution in [3.05, 3.63) is 65.5 Å². The molecule has 9 nitrogen and oxygen atoms in total. The van der Waals surface area contributed by atoms with Gasteiger partial charge in [-0.05, 0) is 55.9 Å². The Morgan fingerprint density at radius 2 is 1.77 bits per heavy atom. The van der Waals surface area contributed by atoms with Gasteiger partial charge in [0, 0.05) is 57.0 Å². The van der Waals surface area contributed by atoms with Gasteiger partial charge in [-0.1, -0.05) is 18.2 Å². The molecule has 0 saturated heterocycles. The molecule has 0 atom stereocenters. The molecule has 184 valence electrons. The largest absolute Gasteiger partial charge is 0.421 e. The molecule has 0 N–H and O–H groups in total. The van der Waals surface area contributed by atoms with Crippen LogP contribution in [0.4, 0.5) is 5.69 Å². The molecule has 9 heteroatoms. The molecule has 4 rings (SSSR count). The number of amides is 2. The number of hydrogen-bond donors (Lipinski definition) is 0. The predicted octanol–water partition coefficient (Wildman–Crippen LogP) is 3.00. The summed E-state index contributed by atoms with van der Waals surface area (Å²) in [7, 11) is 3.56. The van der Waals surface area contributed by atoms with Crippen molar-refractivity contribution in [3.63, 3.8) is 0 Å². The Hall–Kier alpha value is -3.56. The minimum atomic E-state index is -0.0911. The average molecular weight is 478 g/mol. The fraction of sp³-hybridized carbons (Fsp3) is 0.385. The van der Waals surface area contributed by atoms with Crippen molar-refractivity contribution in [3.8, 4) is 11.5 Å². The van der Waals surface area contributed by atoms with E-state index < -0.39 is 0 Å². The highest BCUT2D eigenvalue weighted by Gasteiger charge is 2.23. The fourth-order valence-corrected chi connectivity index (χ4v) is 4.20. The zero-order valence-electron chi connectivity index (χ0n) is 20.4. The van der Waals surface area contributed by atoms with E-state index in [9.17, 15) is 9.59 Å². The molecule has 0 unspecified atom stereocenters. The molecular weight excluding hydrogens is 446 g/mol. The van der Waals surface area contributed by atoms with Crippen molar-refractivity contribution in [2.24, 2.45) is 0 Å². The van der Waals surface area contributed by atoms with Crippen LogP contribution < -0.4 is 4.90 Å². The van der Waals surface area contributed by atoms with Gasteiger partial charge in [-0.15, -0.1) is 10.2 Å². The normalized spacial score (nSPS) is 15.4. The van der Waals surface area contributed by atoms with Crippen LogP contribution in [0.5, 0.6) is 0 Å². The standard InChI is InChI=1S/C26H31N5O4/c1-19-27-28-25(35-19)20-9-11-21(12-10-20)26(33)30-16-15-29(2)13-6-14-31(24(32)18-34-3)23-8-5-4-7-22(23)17-30/h4-5,7-12H,6,13-18H2,1-3H3. The Morgan fingerprint density at radius 1 is 1.00 bits per heavy atom. The molecule has 3 aromatic rings. The van der Waals surface area contributed by atoms with Crippen molar-refractivity contribution in [2.45, 2.75) is 19.9 Å². The summed E-state index contributed by atoms with van der Waals surface area (Å²) in [6.07, 6.45) is 0.824. The fourth-order valence-electron chi connectivity index (χ4n) is 4.20. The first-order valence-corrected chi connectivity index (χ1v) is 11.7. The van der Waals surface area contributed by atoms with Gasteiger partial charge >= 0.3 is 0 Å².